The quantitative estimate of drug-likeness (QED) is 0.868. The highest BCUT2D eigenvalue weighted by Crippen LogP contribution is 2.37. The number of aromatic nitrogens is 1. The minimum absolute atomic E-state index is 0.164. The van der Waals surface area contributed by atoms with Crippen LogP contribution in [-0.4, -0.2) is 17.4 Å². The fourth-order valence-electron chi connectivity index (χ4n) is 3.48. The highest BCUT2D eigenvalue weighted by Gasteiger charge is 2.26. The largest absolute Gasteiger partial charge is 0.351 e. The Morgan fingerprint density at radius 1 is 1.17 bits per heavy atom. The highest BCUT2D eigenvalue weighted by atomic mass is 35.5. The molecule has 2 aromatic rings. The van der Waals surface area contributed by atoms with E-state index in [-0.39, 0.29) is 17.4 Å². The van der Waals surface area contributed by atoms with E-state index >= 15 is 0 Å². The van der Waals surface area contributed by atoms with Crippen molar-refractivity contribution in [3.63, 3.8) is 0 Å². The summed E-state index contributed by atoms with van der Waals surface area (Å²) in [7, 11) is 0. The van der Waals surface area contributed by atoms with Crippen LogP contribution in [0.5, 0.6) is 0 Å². The first-order valence-corrected chi connectivity index (χ1v) is 8.73. The van der Waals surface area contributed by atoms with Crippen molar-refractivity contribution in [1.29, 1.82) is 0 Å². The van der Waals surface area contributed by atoms with Crippen LogP contribution in [0.25, 0.3) is 0 Å². The molecule has 1 aromatic heterocycles. The molecule has 1 saturated carbocycles. The van der Waals surface area contributed by atoms with E-state index in [1.165, 1.54) is 43.5 Å². The maximum absolute atomic E-state index is 12.3. The predicted octanol–water partition coefficient (Wildman–Crippen LogP) is 3.73. The second kappa shape index (κ2) is 7.67. The molecule has 126 valence electrons. The molecule has 1 atom stereocenters. The molecule has 0 spiro atoms. The van der Waals surface area contributed by atoms with Crippen LogP contribution in [0.4, 0.5) is 0 Å². The van der Waals surface area contributed by atoms with Gasteiger partial charge in [0, 0.05) is 29.7 Å². The fourth-order valence-corrected chi connectivity index (χ4v) is 3.61. The van der Waals surface area contributed by atoms with Gasteiger partial charge in [-0.3, -0.25) is 9.59 Å². The van der Waals surface area contributed by atoms with Crippen molar-refractivity contribution >= 4 is 17.5 Å². The number of carbonyl (C=O) groups excluding carboxylic acids is 1. The number of aromatic amines is 1. The SMILES string of the molecule is O=C(NCC(c1ccc(Cl)cc1)C1CCCC1)c1ccc(=O)[nH]c1. The minimum Gasteiger partial charge on any atom is -0.351 e. The fraction of sp³-hybridized carbons (Fsp3) is 0.368. The van der Waals surface area contributed by atoms with Crippen molar-refractivity contribution in [1.82, 2.24) is 10.3 Å². The Bertz CT molecular complexity index is 728. The Morgan fingerprint density at radius 2 is 1.88 bits per heavy atom. The summed E-state index contributed by atoms with van der Waals surface area (Å²) < 4.78 is 0. The molecule has 1 fully saturated rings. The van der Waals surface area contributed by atoms with E-state index in [0.717, 1.165) is 5.02 Å². The molecule has 1 aromatic carbocycles. The molecule has 0 aliphatic heterocycles. The van der Waals surface area contributed by atoms with Crippen LogP contribution < -0.4 is 10.9 Å². The molecule has 3 rings (SSSR count). The van der Waals surface area contributed by atoms with Gasteiger partial charge in [-0.05, 0) is 42.5 Å². The highest BCUT2D eigenvalue weighted by molar-refractivity contribution is 6.30. The van der Waals surface area contributed by atoms with Crippen LogP contribution in [0.1, 0.15) is 47.5 Å². The number of carbonyl (C=O) groups is 1. The van der Waals surface area contributed by atoms with Crippen LogP contribution in [0, 0.1) is 5.92 Å². The van der Waals surface area contributed by atoms with Gasteiger partial charge in [-0.15, -0.1) is 0 Å². The number of amides is 1. The van der Waals surface area contributed by atoms with Crippen molar-refractivity contribution < 1.29 is 4.79 Å². The number of rotatable bonds is 5. The van der Waals surface area contributed by atoms with Gasteiger partial charge in [0.15, 0.2) is 0 Å². The number of nitrogens with one attached hydrogen (secondary N) is 2. The summed E-state index contributed by atoms with van der Waals surface area (Å²) in [6.07, 6.45) is 6.35. The van der Waals surface area contributed by atoms with Crippen LogP contribution in [0.2, 0.25) is 5.02 Å². The molecule has 4 nitrogen and oxygen atoms in total. The molecule has 2 N–H and O–H groups in total. The monoisotopic (exact) mass is 344 g/mol. The second-order valence-electron chi connectivity index (χ2n) is 6.35. The molecular formula is C19H21ClN2O2. The minimum atomic E-state index is -0.212. The third-order valence-electron chi connectivity index (χ3n) is 4.80. The molecular weight excluding hydrogens is 324 g/mol. The lowest BCUT2D eigenvalue weighted by molar-refractivity contribution is 0.0948. The molecule has 1 heterocycles. The topological polar surface area (TPSA) is 62.0 Å². The van der Waals surface area contributed by atoms with Gasteiger partial charge in [-0.2, -0.15) is 0 Å². The Kier molecular flexibility index (Phi) is 5.36. The van der Waals surface area contributed by atoms with E-state index in [0.29, 0.717) is 18.0 Å². The number of H-pyrrole nitrogens is 1. The molecule has 0 bridgehead atoms. The molecule has 1 amide bonds. The molecule has 1 aliphatic carbocycles. The van der Waals surface area contributed by atoms with Crippen molar-refractivity contribution in [3.05, 3.63) is 69.1 Å². The summed E-state index contributed by atoms with van der Waals surface area (Å²) in [6.45, 7) is 0.588. The summed E-state index contributed by atoms with van der Waals surface area (Å²) in [5, 5.41) is 3.74. The van der Waals surface area contributed by atoms with E-state index < -0.39 is 0 Å². The van der Waals surface area contributed by atoms with Gasteiger partial charge in [-0.25, -0.2) is 0 Å². The number of benzene rings is 1. The van der Waals surface area contributed by atoms with Gasteiger partial charge in [0.1, 0.15) is 0 Å². The molecule has 1 aliphatic rings. The zero-order valence-corrected chi connectivity index (χ0v) is 14.2. The molecule has 1 unspecified atom stereocenters. The summed E-state index contributed by atoms with van der Waals surface area (Å²) in [5.41, 5.74) is 1.47. The van der Waals surface area contributed by atoms with E-state index in [4.69, 9.17) is 11.6 Å². The maximum atomic E-state index is 12.3. The zero-order valence-electron chi connectivity index (χ0n) is 13.4. The third kappa shape index (κ3) is 4.06. The molecule has 24 heavy (non-hydrogen) atoms. The molecule has 0 saturated heterocycles. The Labute approximate surface area is 146 Å². The van der Waals surface area contributed by atoms with Crippen molar-refractivity contribution in [2.45, 2.75) is 31.6 Å². The van der Waals surface area contributed by atoms with E-state index in [2.05, 4.69) is 22.4 Å². The summed E-state index contributed by atoms with van der Waals surface area (Å²) in [6, 6.07) is 10.8. The van der Waals surface area contributed by atoms with Crippen molar-refractivity contribution in [2.24, 2.45) is 5.92 Å². The van der Waals surface area contributed by atoms with Crippen LogP contribution in [-0.2, 0) is 0 Å². The Morgan fingerprint density at radius 3 is 2.50 bits per heavy atom. The van der Waals surface area contributed by atoms with Gasteiger partial charge in [-0.1, -0.05) is 36.6 Å². The zero-order chi connectivity index (χ0) is 16.9. The number of hydrogen-bond donors (Lipinski definition) is 2. The first kappa shape index (κ1) is 16.8. The predicted molar refractivity (Wildman–Crippen MR) is 95.5 cm³/mol. The van der Waals surface area contributed by atoms with Gasteiger partial charge < -0.3 is 10.3 Å². The van der Waals surface area contributed by atoms with Gasteiger partial charge in [0.25, 0.3) is 5.91 Å². The summed E-state index contributed by atoms with van der Waals surface area (Å²) >= 11 is 6.00. The molecule has 5 heteroatoms. The lowest BCUT2D eigenvalue weighted by Gasteiger charge is -2.24. The first-order valence-electron chi connectivity index (χ1n) is 8.36. The van der Waals surface area contributed by atoms with Crippen LogP contribution in [0.3, 0.4) is 0 Å². The standard InChI is InChI=1S/C19H21ClN2O2/c20-16-8-5-14(6-9-16)17(13-3-1-2-4-13)12-22-19(24)15-7-10-18(23)21-11-15/h5-11,13,17H,1-4,12H2,(H,21,23)(H,22,24). The van der Waals surface area contributed by atoms with Gasteiger partial charge in [0.05, 0.1) is 5.56 Å². The Balaban J connectivity index is 1.71. The number of hydrogen-bond acceptors (Lipinski definition) is 2. The second-order valence-corrected chi connectivity index (χ2v) is 6.79. The average Bonchev–Trinajstić information content (AvgIpc) is 3.11. The third-order valence-corrected chi connectivity index (χ3v) is 5.05. The lowest BCUT2D eigenvalue weighted by Crippen LogP contribution is -2.31. The van der Waals surface area contributed by atoms with E-state index in [1.807, 2.05) is 12.1 Å². The van der Waals surface area contributed by atoms with E-state index in [9.17, 15) is 9.59 Å². The van der Waals surface area contributed by atoms with Crippen molar-refractivity contribution in [3.8, 4) is 0 Å². The molecule has 0 radical (unpaired) electrons. The Hall–Kier alpha value is -2.07. The van der Waals surface area contributed by atoms with Gasteiger partial charge in [0.2, 0.25) is 5.56 Å². The average molecular weight is 345 g/mol. The normalized spacial score (nSPS) is 16.0. The summed E-state index contributed by atoms with van der Waals surface area (Å²) in [5.74, 6) is 0.710. The smallest absolute Gasteiger partial charge is 0.252 e. The first-order chi connectivity index (χ1) is 11.6. The lowest BCUT2D eigenvalue weighted by atomic mass is 9.84. The maximum Gasteiger partial charge on any atom is 0.252 e. The van der Waals surface area contributed by atoms with Crippen LogP contribution >= 0.6 is 11.6 Å². The van der Waals surface area contributed by atoms with Crippen molar-refractivity contribution in [2.75, 3.05) is 6.54 Å². The van der Waals surface area contributed by atoms with Crippen LogP contribution in [0.15, 0.2) is 47.4 Å². The summed E-state index contributed by atoms with van der Waals surface area (Å²) in [4.78, 5) is 25.9. The number of halogens is 1. The van der Waals surface area contributed by atoms with Gasteiger partial charge >= 0.3 is 0 Å². The number of pyridine rings is 1. The van der Waals surface area contributed by atoms with E-state index in [1.54, 1.807) is 6.07 Å².